The van der Waals surface area contributed by atoms with Crippen molar-refractivity contribution in [2.45, 2.75) is 24.0 Å². The summed E-state index contributed by atoms with van der Waals surface area (Å²) in [4.78, 5) is 24.1. The highest BCUT2D eigenvalue weighted by molar-refractivity contribution is 8.00. The second-order valence-corrected chi connectivity index (χ2v) is 6.24. The van der Waals surface area contributed by atoms with Gasteiger partial charge in [0.15, 0.2) is 0 Å². The Kier molecular flexibility index (Phi) is 5.61. The van der Waals surface area contributed by atoms with E-state index in [2.05, 4.69) is 10.6 Å². The zero-order valence-corrected chi connectivity index (χ0v) is 13.3. The summed E-state index contributed by atoms with van der Waals surface area (Å²) < 4.78 is 0. The van der Waals surface area contributed by atoms with Crippen LogP contribution in [0, 0.1) is 0 Å². The molecule has 22 heavy (non-hydrogen) atoms. The largest absolute Gasteiger partial charge is 0.326 e. The fourth-order valence-electron chi connectivity index (χ4n) is 1.84. The highest BCUT2D eigenvalue weighted by Crippen LogP contribution is 2.25. The van der Waals surface area contributed by atoms with Gasteiger partial charge in [0.2, 0.25) is 11.8 Å². The van der Waals surface area contributed by atoms with Gasteiger partial charge in [-0.3, -0.25) is 9.59 Å². The van der Waals surface area contributed by atoms with Gasteiger partial charge in [0.25, 0.3) is 0 Å². The van der Waals surface area contributed by atoms with Crippen molar-refractivity contribution in [3.8, 4) is 0 Å². The van der Waals surface area contributed by atoms with Crippen LogP contribution in [0.5, 0.6) is 0 Å². The quantitative estimate of drug-likeness (QED) is 0.826. The van der Waals surface area contributed by atoms with Gasteiger partial charge in [-0.2, -0.15) is 0 Å². The Morgan fingerprint density at radius 2 is 1.50 bits per heavy atom. The Hall–Kier alpha value is -2.27. The van der Waals surface area contributed by atoms with Crippen molar-refractivity contribution in [3.05, 3.63) is 54.6 Å². The van der Waals surface area contributed by atoms with Crippen LogP contribution in [0.25, 0.3) is 0 Å². The molecule has 0 aliphatic heterocycles. The lowest BCUT2D eigenvalue weighted by molar-refractivity contribution is -0.115. The van der Waals surface area contributed by atoms with E-state index in [1.54, 1.807) is 0 Å². The first-order valence-corrected chi connectivity index (χ1v) is 7.83. The van der Waals surface area contributed by atoms with Crippen LogP contribution in [0.2, 0.25) is 0 Å². The topological polar surface area (TPSA) is 58.2 Å². The van der Waals surface area contributed by atoms with E-state index >= 15 is 0 Å². The van der Waals surface area contributed by atoms with Gasteiger partial charge in [-0.05, 0) is 43.3 Å². The number of nitrogens with one attached hydrogen (secondary N) is 2. The summed E-state index contributed by atoms with van der Waals surface area (Å²) in [6.45, 7) is 3.34. The first-order valence-electron chi connectivity index (χ1n) is 6.95. The summed E-state index contributed by atoms with van der Waals surface area (Å²) in [6, 6.07) is 16.8. The number of amides is 2. The molecular formula is C17H18N2O2S. The lowest BCUT2D eigenvalue weighted by Crippen LogP contribution is -2.22. The van der Waals surface area contributed by atoms with E-state index < -0.39 is 0 Å². The van der Waals surface area contributed by atoms with Crippen molar-refractivity contribution in [1.82, 2.24) is 0 Å². The Labute approximate surface area is 134 Å². The first kappa shape index (κ1) is 16.1. The number of para-hydroxylation sites is 1. The van der Waals surface area contributed by atoms with E-state index in [4.69, 9.17) is 0 Å². The van der Waals surface area contributed by atoms with Crippen molar-refractivity contribution < 1.29 is 9.59 Å². The molecule has 0 unspecified atom stereocenters. The maximum atomic E-state index is 12.1. The van der Waals surface area contributed by atoms with Crippen molar-refractivity contribution in [2.75, 3.05) is 10.6 Å². The molecule has 1 atom stereocenters. The van der Waals surface area contributed by atoms with Gasteiger partial charge in [0.1, 0.15) is 0 Å². The lowest BCUT2D eigenvalue weighted by atomic mass is 10.3. The molecule has 0 aliphatic carbocycles. The van der Waals surface area contributed by atoms with E-state index in [-0.39, 0.29) is 17.1 Å². The molecular weight excluding hydrogens is 296 g/mol. The van der Waals surface area contributed by atoms with Crippen molar-refractivity contribution in [3.63, 3.8) is 0 Å². The van der Waals surface area contributed by atoms with Crippen LogP contribution in [-0.2, 0) is 9.59 Å². The van der Waals surface area contributed by atoms with Crippen LogP contribution in [0.4, 0.5) is 11.4 Å². The maximum absolute atomic E-state index is 12.1. The zero-order chi connectivity index (χ0) is 15.9. The fourth-order valence-corrected chi connectivity index (χ4v) is 2.71. The van der Waals surface area contributed by atoms with Crippen LogP contribution < -0.4 is 10.6 Å². The molecule has 2 N–H and O–H groups in total. The molecule has 114 valence electrons. The van der Waals surface area contributed by atoms with Crippen molar-refractivity contribution in [2.24, 2.45) is 0 Å². The minimum absolute atomic E-state index is 0.0397. The molecule has 2 rings (SSSR count). The number of hydrogen-bond acceptors (Lipinski definition) is 3. The van der Waals surface area contributed by atoms with Crippen LogP contribution in [0.1, 0.15) is 13.8 Å². The van der Waals surface area contributed by atoms with E-state index in [0.717, 1.165) is 16.3 Å². The first-order chi connectivity index (χ1) is 10.5. The molecule has 0 aliphatic rings. The second-order valence-electron chi connectivity index (χ2n) is 4.82. The molecule has 5 heteroatoms. The van der Waals surface area contributed by atoms with Gasteiger partial charge in [-0.15, -0.1) is 11.8 Å². The number of benzene rings is 2. The number of rotatable bonds is 5. The Balaban J connectivity index is 1.92. The molecule has 0 bridgehead atoms. The molecule has 0 heterocycles. The van der Waals surface area contributed by atoms with Gasteiger partial charge in [-0.1, -0.05) is 18.2 Å². The summed E-state index contributed by atoms with van der Waals surface area (Å²) >= 11 is 1.47. The normalized spacial score (nSPS) is 11.5. The monoisotopic (exact) mass is 314 g/mol. The molecule has 2 aromatic rings. The third kappa shape index (κ3) is 4.93. The van der Waals surface area contributed by atoms with Gasteiger partial charge >= 0.3 is 0 Å². The molecule has 0 radical (unpaired) electrons. The van der Waals surface area contributed by atoms with Gasteiger partial charge in [0, 0.05) is 23.2 Å². The average molecular weight is 314 g/mol. The molecule has 0 saturated heterocycles. The molecule has 0 aromatic heterocycles. The summed E-state index contributed by atoms with van der Waals surface area (Å²) in [5.41, 5.74) is 1.54. The van der Waals surface area contributed by atoms with Crippen LogP contribution in [-0.4, -0.2) is 17.1 Å². The minimum atomic E-state index is -0.216. The standard InChI is InChI=1S/C17H18N2O2S/c1-12(17(21)19-14-6-4-3-5-7-14)22-16-10-8-15(9-11-16)18-13(2)20/h3-12H,1-2H3,(H,18,20)(H,19,21)/t12-/m0/s1. The van der Waals surface area contributed by atoms with Crippen LogP contribution in [0.15, 0.2) is 59.5 Å². The predicted molar refractivity (Wildman–Crippen MR) is 91.1 cm³/mol. The zero-order valence-electron chi connectivity index (χ0n) is 12.5. The fraction of sp³-hybridized carbons (Fsp3) is 0.176. The Bertz CT molecular complexity index is 641. The van der Waals surface area contributed by atoms with E-state index in [9.17, 15) is 9.59 Å². The summed E-state index contributed by atoms with van der Waals surface area (Å²) in [6.07, 6.45) is 0. The molecule has 4 nitrogen and oxygen atoms in total. The second kappa shape index (κ2) is 7.66. The van der Waals surface area contributed by atoms with Gasteiger partial charge in [-0.25, -0.2) is 0 Å². The average Bonchev–Trinajstić information content (AvgIpc) is 2.49. The van der Waals surface area contributed by atoms with Crippen LogP contribution >= 0.6 is 11.8 Å². The summed E-state index contributed by atoms with van der Waals surface area (Å²) in [7, 11) is 0. The maximum Gasteiger partial charge on any atom is 0.237 e. The highest BCUT2D eigenvalue weighted by Gasteiger charge is 2.14. The van der Waals surface area contributed by atoms with Crippen molar-refractivity contribution >= 4 is 35.0 Å². The van der Waals surface area contributed by atoms with Crippen LogP contribution in [0.3, 0.4) is 0 Å². The Morgan fingerprint density at radius 1 is 0.909 bits per heavy atom. The van der Waals surface area contributed by atoms with Gasteiger partial charge in [0.05, 0.1) is 5.25 Å². The number of carbonyl (C=O) groups is 2. The van der Waals surface area contributed by atoms with E-state index in [0.29, 0.717) is 0 Å². The minimum Gasteiger partial charge on any atom is -0.326 e. The molecule has 2 amide bonds. The molecule has 2 aromatic carbocycles. The third-order valence-electron chi connectivity index (χ3n) is 2.90. The smallest absolute Gasteiger partial charge is 0.237 e. The predicted octanol–water partition coefficient (Wildman–Crippen LogP) is 3.76. The van der Waals surface area contributed by atoms with E-state index in [1.807, 2.05) is 61.5 Å². The highest BCUT2D eigenvalue weighted by atomic mass is 32.2. The SMILES string of the molecule is CC(=O)Nc1ccc(S[C@@H](C)C(=O)Nc2ccccc2)cc1. The number of hydrogen-bond donors (Lipinski definition) is 2. The number of carbonyl (C=O) groups excluding carboxylic acids is 2. The number of thioether (sulfide) groups is 1. The molecule has 0 saturated carbocycles. The third-order valence-corrected chi connectivity index (χ3v) is 4.01. The van der Waals surface area contributed by atoms with E-state index in [1.165, 1.54) is 18.7 Å². The van der Waals surface area contributed by atoms with Crippen molar-refractivity contribution in [1.29, 1.82) is 0 Å². The molecule has 0 fully saturated rings. The number of anilines is 2. The van der Waals surface area contributed by atoms with Gasteiger partial charge < -0.3 is 10.6 Å². The lowest BCUT2D eigenvalue weighted by Gasteiger charge is -2.12. The summed E-state index contributed by atoms with van der Waals surface area (Å²) in [5, 5.41) is 5.38. The molecule has 0 spiro atoms. The summed E-state index contributed by atoms with van der Waals surface area (Å²) in [5.74, 6) is -0.141. The Morgan fingerprint density at radius 3 is 2.09 bits per heavy atom.